The molecular formula is C13H16N2O. The van der Waals surface area contributed by atoms with Crippen molar-refractivity contribution in [2.75, 3.05) is 7.05 Å². The maximum Gasteiger partial charge on any atom is 0.226 e. The van der Waals surface area contributed by atoms with Crippen molar-refractivity contribution in [1.29, 1.82) is 0 Å². The quantitative estimate of drug-likeness (QED) is 0.857. The van der Waals surface area contributed by atoms with E-state index in [1.807, 2.05) is 32.2 Å². The Bertz CT molecular complexity index is 476. The second-order valence-electron chi connectivity index (χ2n) is 3.89. The molecule has 1 aromatic heterocycles. The van der Waals surface area contributed by atoms with Crippen molar-refractivity contribution in [3.05, 3.63) is 41.8 Å². The molecule has 0 aliphatic heterocycles. The summed E-state index contributed by atoms with van der Waals surface area (Å²) in [5, 5.41) is 3.13. The van der Waals surface area contributed by atoms with E-state index in [1.165, 1.54) is 5.56 Å². The summed E-state index contributed by atoms with van der Waals surface area (Å²) < 4.78 is 5.73. The summed E-state index contributed by atoms with van der Waals surface area (Å²) in [5.41, 5.74) is 2.23. The zero-order valence-electron chi connectivity index (χ0n) is 9.82. The molecule has 84 valence electrons. The standard InChI is InChI=1S/C13H16N2O/c1-9-6-4-5-7-11(9)13-15-8-12(16-13)10(2)14-3/h4-8,10,14H,1-3H3. The first kappa shape index (κ1) is 10.9. The van der Waals surface area contributed by atoms with Gasteiger partial charge < -0.3 is 9.73 Å². The molecule has 0 saturated carbocycles. The van der Waals surface area contributed by atoms with Crippen LogP contribution in [0.1, 0.15) is 24.3 Å². The van der Waals surface area contributed by atoms with Crippen molar-refractivity contribution in [2.45, 2.75) is 19.9 Å². The van der Waals surface area contributed by atoms with Crippen LogP contribution in [0.25, 0.3) is 11.5 Å². The zero-order valence-corrected chi connectivity index (χ0v) is 9.82. The highest BCUT2D eigenvalue weighted by atomic mass is 16.4. The third-order valence-corrected chi connectivity index (χ3v) is 2.76. The van der Waals surface area contributed by atoms with Crippen molar-refractivity contribution in [1.82, 2.24) is 10.3 Å². The lowest BCUT2D eigenvalue weighted by Crippen LogP contribution is -2.11. The fourth-order valence-electron chi connectivity index (χ4n) is 1.57. The summed E-state index contributed by atoms with van der Waals surface area (Å²) in [7, 11) is 1.90. The van der Waals surface area contributed by atoms with Gasteiger partial charge in [0, 0.05) is 5.56 Å². The predicted octanol–water partition coefficient (Wildman–Crippen LogP) is 2.93. The lowest BCUT2D eigenvalue weighted by Gasteiger charge is -2.04. The summed E-state index contributed by atoms with van der Waals surface area (Å²) in [5.74, 6) is 1.55. The Morgan fingerprint density at radius 2 is 2.06 bits per heavy atom. The van der Waals surface area contributed by atoms with Crippen LogP contribution < -0.4 is 5.32 Å². The van der Waals surface area contributed by atoms with Gasteiger partial charge in [-0.05, 0) is 32.5 Å². The highest BCUT2D eigenvalue weighted by Gasteiger charge is 2.12. The molecular weight excluding hydrogens is 200 g/mol. The Hall–Kier alpha value is -1.61. The largest absolute Gasteiger partial charge is 0.440 e. The SMILES string of the molecule is CNC(C)c1cnc(-c2ccccc2C)o1. The van der Waals surface area contributed by atoms with Gasteiger partial charge in [-0.3, -0.25) is 0 Å². The van der Waals surface area contributed by atoms with Gasteiger partial charge in [-0.25, -0.2) is 4.98 Å². The highest BCUT2D eigenvalue weighted by molar-refractivity contribution is 5.58. The van der Waals surface area contributed by atoms with Gasteiger partial charge in [0.1, 0.15) is 5.76 Å². The van der Waals surface area contributed by atoms with E-state index in [9.17, 15) is 0 Å². The lowest BCUT2D eigenvalue weighted by atomic mass is 10.1. The molecule has 1 atom stereocenters. The molecule has 2 aromatic rings. The fourth-order valence-corrected chi connectivity index (χ4v) is 1.57. The van der Waals surface area contributed by atoms with Crippen LogP contribution in [-0.4, -0.2) is 12.0 Å². The van der Waals surface area contributed by atoms with Crippen molar-refractivity contribution >= 4 is 0 Å². The maximum absolute atomic E-state index is 5.73. The maximum atomic E-state index is 5.73. The number of hydrogen-bond donors (Lipinski definition) is 1. The van der Waals surface area contributed by atoms with Crippen molar-refractivity contribution in [3.8, 4) is 11.5 Å². The number of nitrogens with zero attached hydrogens (tertiary/aromatic N) is 1. The molecule has 1 heterocycles. The van der Waals surface area contributed by atoms with Crippen LogP contribution >= 0.6 is 0 Å². The summed E-state index contributed by atoms with van der Waals surface area (Å²) in [4.78, 5) is 4.31. The Morgan fingerprint density at radius 1 is 1.31 bits per heavy atom. The number of hydrogen-bond acceptors (Lipinski definition) is 3. The average molecular weight is 216 g/mol. The van der Waals surface area contributed by atoms with Gasteiger partial charge in [-0.2, -0.15) is 0 Å². The van der Waals surface area contributed by atoms with Crippen LogP contribution in [0.15, 0.2) is 34.9 Å². The molecule has 1 N–H and O–H groups in total. The molecule has 16 heavy (non-hydrogen) atoms. The van der Waals surface area contributed by atoms with Gasteiger partial charge in [-0.15, -0.1) is 0 Å². The summed E-state index contributed by atoms with van der Waals surface area (Å²) in [6.07, 6.45) is 1.78. The first-order valence-corrected chi connectivity index (χ1v) is 5.41. The van der Waals surface area contributed by atoms with Crippen molar-refractivity contribution < 1.29 is 4.42 Å². The molecule has 0 spiro atoms. The Labute approximate surface area is 95.5 Å². The molecule has 3 heteroatoms. The Morgan fingerprint density at radius 3 is 2.75 bits per heavy atom. The van der Waals surface area contributed by atoms with E-state index in [2.05, 4.69) is 23.3 Å². The molecule has 0 bridgehead atoms. The van der Waals surface area contributed by atoms with Gasteiger partial charge >= 0.3 is 0 Å². The van der Waals surface area contributed by atoms with Gasteiger partial charge in [0.15, 0.2) is 0 Å². The highest BCUT2D eigenvalue weighted by Crippen LogP contribution is 2.24. The number of aromatic nitrogens is 1. The van der Waals surface area contributed by atoms with E-state index in [-0.39, 0.29) is 6.04 Å². The Kier molecular flexibility index (Phi) is 3.06. The van der Waals surface area contributed by atoms with E-state index in [4.69, 9.17) is 4.42 Å². The van der Waals surface area contributed by atoms with Gasteiger partial charge in [0.2, 0.25) is 5.89 Å². The second kappa shape index (κ2) is 4.49. The van der Waals surface area contributed by atoms with E-state index < -0.39 is 0 Å². The molecule has 0 aliphatic rings. The van der Waals surface area contributed by atoms with Gasteiger partial charge in [0.05, 0.1) is 12.2 Å². The molecule has 0 fully saturated rings. The minimum absolute atomic E-state index is 0.185. The predicted molar refractivity (Wildman–Crippen MR) is 64.2 cm³/mol. The monoisotopic (exact) mass is 216 g/mol. The number of benzene rings is 1. The summed E-state index contributed by atoms with van der Waals surface area (Å²) >= 11 is 0. The van der Waals surface area contributed by atoms with Crippen molar-refractivity contribution in [3.63, 3.8) is 0 Å². The zero-order chi connectivity index (χ0) is 11.5. The Balaban J connectivity index is 2.35. The van der Waals surface area contributed by atoms with E-state index in [0.717, 1.165) is 11.3 Å². The molecule has 3 nitrogen and oxygen atoms in total. The smallest absolute Gasteiger partial charge is 0.226 e. The third-order valence-electron chi connectivity index (χ3n) is 2.76. The van der Waals surface area contributed by atoms with Gasteiger partial charge in [0.25, 0.3) is 0 Å². The summed E-state index contributed by atoms with van der Waals surface area (Å²) in [6.45, 7) is 4.10. The fraction of sp³-hybridized carbons (Fsp3) is 0.308. The third kappa shape index (κ3) is 1.99. The molecule has 1 aromatic carbocycles. The van der Waals surface area contributed by atoms with Crippen molar-refractivity contribution in [2.24, 2.45) is 0 Å². The van der Waals surface area contributed by atoms with E-state index in [0.29, 0.717) is 5.89 Å². The summed E-state index contributed by atoms with van der Waals surface area (Å²) in [6, 6.07) is 8.27. The minimum Gasteiger partial charge on any atom is -0.440 e. The molecule has 1 unspecified atom stereocenters. The van der Waals surface area contributed by atoms with Crippen LogP contribution in [0.4, 0.5) is 0 Å². The average Bonchev–Trinajstić information content (AvgIpc) is 2.78. The van der Waals surface area contributed by atoms with Crippen LogP contribution in [0.3, 0.4) is 0 Å². The van der Waals surface area contributed by atoms with E-state index in [1.54, 1.807) is 6.20 Å². The molecule has 0 aliphatic carbocycles. The number of aryl methyl sites for hydroxylation is 1. The first-order valence-electron chi connectivity index (χ1n) is 5.41. The van der Waals surface area contributed by atoms with Gasteiger partial charge in [-0.1, -0.05) is 18.2 Å². The van der Waals surface area contributed by atoms with Crippen LogP contribution in [0.5, 0.6) is 0 Å². The minimum atomic E-state index is 0.185. The van der Waals surface area contributed by atoms with Crippen LogP contribution in [0.2, 0.25) is 0 Å². The molecule has 0 amide bonds. The van der Waals surface area contributed by atoms with Crippen LogP contribution in [-0.2, 0) is 0 Å². The number of rotatable bonds is 3. The first-order chi connectivity index (χ1) is 7.72. The molecule has 2 rings (SSSR count). The topological polar surface area (TPSA) is 38.1 Å². The molecule has 0 radical (unpaired) electrons. The second-order valence-corrected chi connectivity index (χ2v) is 3.89. The normalized spacial score (nSPS) is 12.7. The molecule has 0 saturated heterocycles. The van der Waals surface area contributed by atoms with E-state index >= 15 is 0 Å². The number of nitrogens with one attached hydrogen (secondary N) is 1. The lowest BCUT2D eigenvalue weighted by molar-refractivity contribution is 0.456. The van der Waals surface area contributed by atoms with Crippen LogP contribution in [0, 0.1) is 6.92 Å². The number of oxazole rings is 1.